The molecule has 2 aromatic carbocycles. The van der Waals surface area contributed by atoms with Crippen LogP contribution in [0.1, 0.15) is 36.8 Å². The van der Waals surface area contributed by atoms with Crippen LogP contribution in [0.4, 0.5) is 4.79 Å². The Kier molecular flexibility index (Phi) is 7.05. The summed E-state index contributed by atoms with van der Waals surface area (Å²) in [6, 6.07) is 16.4. The minimum Gasteiger partial charge on any atom is -0.497 e. The largest absolute Gasteiger partial charge is 0.497 e. The Morgan fingerprint density at radius 3 is 2.29 bits per heavy atom. The number of methoxy groups -OCH3 is 2. The lowest BCUT2D eigenvalue weighted by Gasteiger charge is -2.50. The van der Waals surface area contributed by atoms with Crippen molar-refractivity contribution in [2.24, 2.45) is 0 Å². The molecule has 0 aromatic heterocycles. The van der Waals surface area contributed by atoms with Crippen molar-refractivity contribution in [3.8, 4) is 11.5 Å². The fourth-order valence-electron chi connectivity index (χ4n) is 5.64. The minimum atomic E-state index is -0.132. The molecular weight excluding hydrogens is 430 g/mol. The van der Waals surface area contributed by atoms with Crippen LogP contribution < -0.4 is 9.47 Å². The van der Waals surface area contributed by atoms with E-state index >= 15 is 0 Å². The molecule has 2 aromatic rings. The highest BCUT2D eigenvalue weighted by Gasteiger charge is 2.53. The van der Waals surface area contributed by atoms with Gasteiger partial charge in [0.15, 0.2) is 6.79 Å². The maximum atomic E-state index is 13.2. The zero-order valence-corrected chi connectivity index (χ0v) is 21.0. The second-order valence-corrected chi connectivity index (χ2v) is 9.77. The molecule has 0 radical (unpaired) electrons. The molecule has 1 spiro atoms. The fourth-order valence-corrected chi connectivity index (χ4v) is 5.64. The summed E-state index contributed by atoms with van der Waals surface area (Å²) in [6.45, 7) is 1.61. The van der Waals surface area contributed by atoms with Crippen LogP contribution in [-0.4, -0.2) is 75.0 Å². The van der Waals surface area contributed by atoms with Gasteiger partial charge in [0.05, 0.1) is 12.6 Å². The average Bonchev–Trinajstić information content (AvgIpc) is 3.08. The van der Waals surface area contributed by atoms with Gasteiger partial charge in [-0.15, -0.1) is 0 Å². The van der Waals surface area contributed by atoms with Gasteiger partial charge in [0.25, 0.3) is 0 Å². The maximum absolute atomic E-state index is 13.2. The number of amides is 2. The molecule has 0 N–H and O–H groups in total. The molecular formula is C27H37N3O4. The van der Waals surface area contributed by atoms with Gasteiger partial charge < -0.3 is 24.0 Å². The van der Waals surface area contributed by atoms with Crippen molar-refractivity contribution < 1.29 is 19.0 Å². The third kappa shape index (κ3) is 4.46. The minimum absolute atomic E-state index is 0.0923. The van der Waals surface area contributed by atoms with E-state index in [2.05, 4.69) is 37.2 Å². The first-order valence-electron chi connectivity index (χ1n) is 11.9. The molecule has 1 saturated carbocycles. The maximum Gasteiger partial charge on any atom is 0.320 e. The molecule has 2 aliphatic rings. The standard InChI is InChI=1S/C27H37N3O4/c1-28(2)27(22-7-6-8-24(17-22)34-20-32-4)15-13-26(14-16-27)19-30(25(31)29(26)3)18-21-9-11-23(33-5)12-10-21/h6-12,17H,13-16,18-20H2,1-5H3. The second kappa shape index (κ2) is 9.84. The van der Waals surface area contributed by atoms with Crippen LogP contribution in [0.3, 0.4) is 0 Å². The number of benzene rings is 2. The zero-order valence-electron chi connectivity index (χ0n) is 21.0. The first kappa shape index (κ1) is 24.4. The Labute approximate surface area is 203 Å². The van der Waals surface area contributed by atoms with E-state index < -0.39 is 0 Å². The van der Waals surface area contributed by atoms with Crippen LogP contribution in [0.15, 0.2) is 48.5 Å². The van der Waals surface area contributed by atoms with Crippen LogP contribution in [0, 0.1) is 0 Å². The lowest BCUT2D eigenvalue weighted by Crippen LogP contribution is -2.54. The van der Waals surface area contributed by atoms with Crippen molar-refractivity contribution in [3.63, 3.8) is 0 Å². The van der Waals surface area contributed by atoms with Crippen molar-refractivity contribution in [1.82, 2.24) is 14.7 Å². The number of carbonyl (C=O) groups is 1. The molecule has 0 atom stereocenters. The molecule has 1 saturated heterocycles. The van der Waals surface area contributed by atoms with Crippen LogP contribution >= 0.6 is 0 Å². The first-order chi connectivity index (χ1) is 16.3. The summed E-state index contributed by atoms with van der Waals surface area (Å²) in [6.07, 6.45) is 3.86. The third-order valence-corrected chi connectivity index (χ3v) is 7.87. The first-order valence-corrected chi connectivity index (χ1v) is 11.9. The molecule has 7 nitrogen and oxygen atoms in total. The predicted molar refractivity (Wildman–Crippen MR) is 132 cm³/mol. The van der Waals surface area contributed by atoms with Gasteiger partial charge in [-0.3, -0.25) is 4.90 Å². The van der Waals surface area contributed by atoms with Gasteiger partial charge in [-0.05, 0) is 75.2 Å². The van der Waals surface area contributed by atoms with E-state index in [0.29, 0.717) is 6.54 Å². The Morgan fingerprint density at radius 2 is 1.68 bits per heavy atom. The van der Waals surface area contributed by atoms with E-state index in [4.69, 9.17) is 14.2 Å². The van der Waals surface area contributed by atoms with Crippen LogP contribution in [0.5, 0.6) is 11.5 Å². The summed E-state index contributed by atoms with van der Waals surface area (Å²) in [7, 11) is 9.57. The van der Waals surface area contributed by atoms with Gasteiger partial charge in [-0.2, -0.15) is 0 Å². The van der Waals surface area contributed by atoms with Crippen LogP contribution in [-0.2, 0) is 16.8 Å². The smallest absolute Gasteiger partial charge is 0.320 e. The number of carbonyl (C=O) groups excluding carboxylic acids is 1. The number of ether oxygens (including phenoxy) is 3. The van der Waals surface area contributed by atoms with Crippen molar-refractivity contribution in [2.75, 3.05) is 48.7 Å². The van der Waals surface area contributed by atoms with E-state index in [1.807, 2.05) is 47.2 Å². The Bertz CT molecular complexity index is 984. The molecule has 2 fully saturated rings. The molecule has 4 rings (SSSR count). The molecule has 1 heterocycles. The quantitative estimate of drug-likeness (QED) is 0.542. The summed E-state index contributed by atoms with van der Waals surface area (Å²) in [5, 5.41) is 0. The van der Waals surface area contributed by atoms with Crippen molar-refractivity contribution in [2.45, 2.75) is 43.3 Å². The van der Waals surface area contributed by atoms with Gasteiger partial charge in [0.1, 0.15) is 11.5 Å². The van der Waals surface area contributed by atoms with E-state index in [1.165, 1.54) is 5.56 Å². The molecule has 0 unspecified atom stereocenters. The zero-order chi connectivity index (χ0) is 24.3. The molecule has 184 valence electrons. The summed E-state index contributed by atoms with van der Waals surface area (Å²) in [5.74, 6) is 1.65. The summed E-state index contributed by atoms with van der Waals surface area (Å²) < 4.78 is 16.0. The lowest BCUT2D eigenvalue weighted by atomic mass is 9.68. The average molecular weight is 468 g/mol. The Balaban J connectivity index is 1.50. The molecule has 7 heteroatoms. The van der Waals surface area contributed by atoms with Gasteiger partial charge in [0, 0.05) is 32.8 Å². The number of hydrogen-bond donors (Lipinski definition) is 0. The summed E-state index contributed by atoms with van der Waals surface area (Å²) in [5.41, 5.74) is 2.15. The Morgan fingerprint density at radius 1 is 0.971 bits per heavy atom. The summed E-state index contributed by atoms with van der Waals surface area (Å²) >= 11 is 0. The predicted octanol–water partition coefficient (Wildman–Crippen LogP) is 4.32. The topological polar surface area (TPSA) is 54.5 Å². The van der Waals surface area contributed by atoms with Crippen LogP contribution in [0.25, 0.3) is 0 Å². The van der Waals surface area contributed by atoms with Crippen molar-refractivity contribution in [3.05, 3.63) is 59.7 Å². The number of nitrogens with zero attached hydrogens (tertiary/aromatic N) is 3. The molecule has 34 heavy (non-hydrogen) atoms. The Hall–Kier alpha value is -2.77. The van der Waals surface area contributed by atoms with Gasteiger partial charge >= 0.3 is 6.03 Å². The van der Waals surface area contributed by atoms with Gasteiger partial charge in [-0.25, -0.2) is 4.79 Å². The van der Waals surface area contributed by atoms with E-state index in [0.717, 1.165) is 49.3 Å². The highest BCUT2D eigenvalue weighted by atomic mass is 16.7. The number of rotatable bonds is 8. The van der Waals surface area contributed by atoms with Gasteiger partial charge in [-0.1, -0.05) is 24.3 Å². The molecule has 1 aliphatic heterocycles. The SMILES string of the molecule is COCOc1cccc(C2(N(C)C)CCC3(CC2)CN(Cc2ccc(OC)cc2)C(=O)N3C)c1. The van der Waals surface area contributed by atoms with Crippen LogP contribution in [0.2, 0.25) is 0 Å². The fraction of sp³-hybridized carbons (Fsp3) is 0.519. The molecule has 2 amide bonds. The molecule has 1 aliphatic carbocycles. The summed E-state index contributed by atoms with van der Waals surface area (Å²) in [4.78, 5) is 19.5. The monoisotopic (exact) mass is 467 g/mol. The van der Waals surface area contributed by atoms with E-state index in [-0.39, 0.29) is 23.9 Å². The normalized spacial score (nSPS) is 24.8. The lowest BCUT2D eigenvalue weighted by molar-refractivity contribution is 0.0308. The van der Waals surface area contributed by atoms with E-state index in [9.17, 15) is 4.79 Å². The number of urea groups is 1. The highest BCUT2D eigenvalue weighted by molar-refractivity contribution is 5.78. The van der Waals surface area contributed by atoms with Crippen molar-refractivity contribution >= 4 is 6.03 Å². The number of likely N-dealkylation sites (N-methyl/N-ethyl adjacent to an activating group) is 1. The highest BCUT2D eigenvalue weighted by Crippen LogP contribution is 2.49. The van der Waals surface area contributed by atoms with E-state index in [1.54, 1.807) is 14.2 Å². The van der Waals surface area contributed by atoms with Gasteiger partial charge in [0.2, 0.25) is 0 Å². The second-order valence-electron chi connectivity index (χ2n) is 9.77. The third-order valence-electron chi connectivity index (χ3n) is 7.87. The van der Waals surface area contributed by atoms with Crippen molar-refractivity contribution in [1.29, 1.82) is 0 Å². The number of hydrogen-bond acceptors (Lipinski definition) is 5. The molecule has 0 bridgehead atoms.